The minimum absolute atomic E-state index is 0.178. The van der Waals surface area contributed by atoms with Gasteiger partial charge in [-0.25, -0.2) is 8.42 Å². The van der Waals surface area contributed by atoms with Gasteiger partial charge in [0.1, 0.15) is 17.2 Å². The molecule has 5 heteroatoms. The molecule has 1 heterocycles. The van der Waals surface area contributed by atoms with Crippen molar-refractivity contribution in [1.29, 1.82) is 0 Å². The highest BCUT2D eigenvalue weighted by atomic mass is 32.2. The summed E-state index contributed by atoms with van der Waals surface area (Å²) in [6.45, 7) is 1.82. The molecule has 0 aliphatic carbocycles. The maximum atomic E-state index is 10.4. The van der Waals surface area contributed by atoms with Crippen molar-refractivity contribution < 1.29 is 17.5 Å². The first-order chi connectivity index (χ1) is 14.3. The standard InChI is InChI=1S/C18H14N.C7H8O3S/c1-19-17(13-11-15-7-3-2-4-8-15)14-12-16-9-5-6-10-18(16)19;1-6-2-4-7(5-3-6)11(8,9)10/h2-10,12,14H,1H3;2-5H,1H3,(H,8,9,10)/q+1;/p-1. The molecule has 0 unspecified atom stereocenters. The lowest BCUT2D eigenvalue weighted by Crippen LogP contribution is -2.33. The van der Waals surface area contributed by atoms with E-state index in [0.29, 0.717) is 0 Å². The fraction of sp³-hybridized carbons (Fsp3) is 0.0800. The predicted octanol–water partition coefficient (Wildman–Crippen LogP) is 3.96. The van der Waals surface area contributed by atoms with Crippen molar-refractivity contribution >= 4 is 21.0 Å². The average molecular weight is 416 g/mol. The van der Waals surface area contributed by atoms with E-state index in [-0.39, 0.29) is 4.90 Å². The quantitative estimate of drug-likeness (QED) is 0.269. The largest absolute Gasteiger partial charge is 0.744 e. The Bertz CT molecular complexity index is 1320. The smallest absolute Gasteiger partial charge is 0.257 e. The van der Waals surface area contributed by atoms with Gasteiger partial charge in [-0.2, -0.15) is 4.57 Å². The van der Waals surface area contributed by atoms with E-state index < -0.39 is 10.1 Å². The number of nitrogens with zero attached hydrogens (tertiary/aromatic N) is 1. The summed E-state index contributed by atoms with van der Waals surface area (Å²) in [4.78, 5) is -0.178. The molecule has 0 saturated carbocycles. The Kier molecular flexibility index (Phi) is 6.63. The number of pyridine rings is 1. The summed E-state index contributed by atoms with van der Waals surface area (Å²) in [7, 11) is -2.22. The first-order valence-corrected chi connectivity index (χ1v) is 10.7. The van der Waals surface area contributed by atoms with Crippen LogP contribution in [0.1, 0.15) is 16.8 Å². The number of aromatic nitrogens is 1. The molecular formula is C25H21NO3S. The van der Waals surface area contributed by atoms with Crippen LogP contribution in [0.4, 0.5) is 0 Å². The van der Waals surface area contributed by atoms with E-state index >= 15 is 0 Å². The Morgan fingerprint density at radius 1 is 0.767 bits per heavy atom. The molecule has 0 N–H and O–H groups in total. The summed E-state index contributed by atoms with van der Waals surface area (Å²) >= 11 is 0. The number of benzene rings is 3. The lowest BCUT2D eigenvalue weighted by Gasteiger charge is -2.05. The van der Waals surface area contributed by atoms with Crippen molar-refractivity contribution in [1.82, 2.24) is 0 Å². The van der Waals surface area contributed by atoms with Crippen molar-refractivity contribution in [2.75, 3.05) is 0 Å². The summed E-state index contributed by atoms with van der Waals surface area (Å²) in [6, 6.07) is 28.4. The van der Waals surface area contributed by atoms with Crippen LogP contribution in [0.2, 0.25) is 0 Å². The van der Waals surface area contributed by atoms with Crippen LogP contribution in [-0.4, -0.2) is 13.0 Å². The molecule has 0 atom stereocenters. The highest BCUT2D eigenvalue weighted by Crippen LogP contribution is 2.10. The summed E-state index contributed by atoms with van der Waals surface area (Å²) in [5, 5.41) is 1.23. The van der Waals surface area contributed by atoms with Gasteiger partial charge in [-0.1, -0.05) is 53.9 Å². The molecule has 150 valence electrons. The summed E-state index contributed by atoms with van der Waals surface area (Å²) in [6.07, 6.45) is 0. The summed E-state index contributed by atoms with van der Waals surface area (Å²) in [5.74, 6) is 6.43. The van der Waals surface area contributed by atoms with E-state index in [2.05, 4.69) is 59.9 Å². The Morgan fingerprint density at radius 3 is 2.07 bits per heavy atom. The Balaban J connectivity index is 0.000000199. The highest BCUT2D eigenvalue weighted by molar-refractivity contribution is 7.85. The molecule has 4 rings (SSSR count). The molecule has 0 aliphatic rings. The number of aryl methyl sites for hydroxylation is 2. The van der Waals surface area contributed by atoms with Crippen LogP contribution >= 0.6 is 0 Å². The van der Waals surface area contributed by atoms with Crippen molar-refractivity contribution in [3.63, 3.8) is 0 Å². The van der Waals surface area contributed by atoms with Crippen molar-refractivity contribution in [3.05, 3.63) is 108 Å². The van der Waals surface area contributed by atoms with Gasteiger partial charge in [0.2, 0.25) is 5.52 Å². The maximum Gasteiger partial charge on any atom is 0.257 e. The number of fused-ring (bicyclic) bond motifs is 1. The van der Waals surface area contributed by atoms with Gasteiger partial charge in [0.25, 0.3) is 5.69 Å². The third-order valence-corrected chi connectivity index (χ3v) is 5.35. The van der Waals surface area contributed by atoms with Crippen LogP contribution in [0.3, 0.4) is 0 Å². The van der Waals surface area contributed by atoms with Gasteiger partial charge in [0.05, 0.1) is 4.90 Å². The molecule has 0 saturated heterocycles. The minimum Gasteiger partial charge on any atom is -0.744 e. The fourth-order valence-electron chi connectivity index (χ4n) is 2.83. The van der Waals surface area contributed by atoms with Crippen LogP contribution in [-0.2, 0) is 17.2 Å². The van der Waals surface area contributed by atoms with Gasteiger partial charge in [0, 0.05) is 29.0 Å². The summed E-state index contributed by atoms with van der Waals surface area (Å²) < 4.78 is 33.3. The van der Waals surface area contributed by atoms with Gasteiger partial charge in [0.15, 0.2) is 0 Å². The number of para-hydroxylation sites is 1. The van der Waals surface area contributed by atoms with Gasteiger partial charge < -0.3 is 4.55 Å². The van der Waals surface area contributed by atoms with Crippen LogP contribution in [0, 0.1) is 18.8 Å². The summed E-state index contributed by atoms with van der Waals surface area (Å²) in [5.41, 5.74) is 4.18. The molecule has 0 spiro atoms. The normalized spacial score (nSPS) is 10.5. The molecule has 4 aromatic rings. The Labute approximate surface area is 177 Å². The van der Waals surface area contributed by atoms with Crippen molar-refractivity contribution in [2.45, 2.75) is 11.8 Å². The number of rotatable bonds is 1. The van der Waals surface area contributed by atoms with E-state index in [1.165, 1.54) is 23.0 Å². The SMILES string of the molecule is C[n+]1c(C#Cc2ccccc2)ccc2ccccc21.Cc1ccc(S(=O)(=O)[O-])cc1. The molecule has 3 aromatic carbocycles. The van der Waals surface area contributed by atoms with Crippen molar-refractivity contribution in [2.24, 2.45) is 7.05 Å². The second kappa shape index (κ2) is 9.36. The van der Waals surface area contributed by atoms with Crippen LogP contribution in [0.5, 0.6) is 0 Å². The lowest BCUT2D eigenvalue weighted by molar-refractivity contribution is -0.647. The van der Waals surface area contributed by atoms with E-state index in [4.69, 9.17) is 0 Å². The van der Waals surface area contributed by atoms with Crippen LogP contribution in [0.25, 0.3) is 10.9 Å². The monoisotopic (exact) mass is 415 g/mol. The third-order valence-electron chi connectivity index (χ3n) is 4.50. The van der Waals surface area contributed by atoms with Gasteiger partial charge >= 0.3 is 0 Å². The first-order valence-electron chi connectivity index (χ1n) is 9.32. The van der Waals surface area contributed by atoms with Crippen LogP contribution in [0.15, 0.2) is 95.9 Å². The zero-order chi connectivity index (χ0) is 21.6. The van der Waals surface area contributed by atoms with E-state index in [1.54, 1.807) is 12.1 Å². The van der Waals surface area contributed by atoms with Gasteiger partial charge in [-0.3, -0.25) is 0 Å². The van der Waals surface area contributed by atoms with E-state index in [9.17, 15) is 13.0 Å². The second-order valence-corrected chi connectivity index (χ2v) is 8.10. The van der Waals surface area contributed by atoms with Gasteiger partial charge in [-0.05, 0) is 43.3 Å². The molecular weight excluding hydrogens is 394 g/mol. The van der Waals surface area contributed by atoms with E-state index in [1.807, 2.05) is 37.3 Å². The van der Waals surface area contributed by atoms with Crippen LogP contribution < -0.4 is 4.57 Å². The number of hydrogen-bond acceptors (Lipinski definition) is 3. The highest BCUT2D eigenvalue weighted by Gasteiger charge is 2.08. The molecule has 0 aliphatic heterocycles. The second-order valence-electron chi connectivity index (χ2n) is 6.72. The lowest BCUT2D eigenvalue weighted by atomic mass is 10.2. The topological polar surface area (TPSA) is 61.1 Å². The van der Waals surface area contributed by atoms with Crippen molar-refractivity contribution in [3.8, 4) is 11.8 Å². The average Bonchev–Trinajstić information content (AvgIpc) is 2.74. The third kappa shape index (κ3) is 5.54. The molecule has 0 radical (unpaired) electrons. The molecule has 1 aromatic heterocycles. The zero-order valence-corrected chi connectivity index (χ0v) is 17.6. The molecule has 0 bridgehead atoms. The van der Waals surface area contributed by atoms with E-state index in [0.717, 1.165) is 16.8 Å². The molecule has 0 fully saturated rings. The first kappa shape index (κ1) is 21.3. The molecule has 30 heavy (non-hydrogen) atoms. The fourth-order valence-corrected chi connectivity index (χ4v) is 3.30. The molecule has 4 nitrogen and oxygen atoms in total. The Hall–Kier alpha value is -3.46. The zero-order valence-electron chi connectivity index (χ0n) is 16.7. The van der Waals surface area contributed by atoms with Gasteiger partial charge in [-0.15, -0.1) is 0 Å². The minimum atomic E-state index is -4.27. The predicted molar refractivity (Wildman–Crippen MR) is 117 cm³/mol. The Morgan fingerprint density at radius 2 is 1.40 bits per heavy atom. The number of hydrogen-bond donors (Lipinski definition) is 0. The maximum absolute atomic E-state index is 10.4. The molecule has 0 amide bonds.